The normalized spacial score (nSPS) is 14.7. The van der Waals surface area contributed by atoms with E-state index in [4.69, 9.17) is 4.74 Å². The van der Waals surface area contributed by atoms with E-state index in [0.29, 0.717) is 0 Å². The second-order valence-corrected chi connectivity index (χ2v) is 9.84. The first-order chi connectivity index (χ1) is 15.5. The van der Waals surface area contributed by atoms with Gasteiger partial charge in [-0.3, -0.25) is 4.79 Å². The number of hydrogen-bond donors (Lipinski definition) is 3. The van der Waals surface area contributed by atoms with Crippen LogP contribution in [0.5, 0.6) is 0 Å². The van der Waals surface area contributed by atoms with Crippen molar-refractivity contribution in [1.82, 2.24) is 10.6 Å². The highest BCUT2D eigenvalue weighted by atomic mass is 16.5. The molecule has 176 valence electrons. The summed E-state index contributed by atoms with van der Waals surface area (Å²) in [5.74, 6) is -2.08. The number of rotatable bonds is 7. The third-order valence-electron chi connectivity index (χ3n) is 5.96. The molecule has 0 aromatic heterocycles. The number of aliphatic carboxylic acids is 1. The topological polar surface area (TPSA) is 105 Å². The summed E-state index contributed by atoms with van der Waals surface area (Å²) in [4.78, 5) is 37.1. The van der Waals surface area contributed by atoms with Gasteiger partial charge in [0.25, 0.3) is 0 Å². The van der Waals surface area contributed by atoms with Crippen LogP contribution in [-0.4, -0.2) is 41.8 Å². The molecule has 33 heavy (non-hydrogen) atoms. The van der Waals surface area contributed by atoms with Gasteiger partial charge in [-0.2, -0.15) is 0 Å². The van der Waals surface area contributed by atoms with E-state index in [0.717, 1.165) is 22.3 Å². The Morgan fingerprint density at radius 1 is 0.939 bits per heavy atom. The third kappa shape index (κ3) is 5.35. The van der Waals surface area contributed by atoms with Gasteiger partial charge in [0, 0.05) is 5.92 Å². The monoisotopic (exact) mass is 452 g/mol. The highest BCUT2D eigenvalue weighted by Gasteiger charge is 2.36. The summed E-state index contributed by atoms with van der Waals surface area (Å²) >= 11 is 0. The maximum Gasteiger partial charge on any atom is 0.407 e. The third-order valence-corrected chi connectivity index (χ3v) is 5.96. The standard InChI is InChI=1S/C26H32N2O5/c1-15(2)21(24(30)31)27-23(29)22(26(3,4)5)28-25(32)33-14-20-18-12-8-6-10-16(18)17-11-7-9-13-19(17)20/h6-13,15,20-22H,14H2,1-5H3,(H,27,29)(H,28,32)(H,30,31)/t21?,22-/m1/s1. The van der Waals surface area contributed by atoms with Gasteiger partial charge >= 0.3 is 12.1 Å². The molecule has 0 radical (unpaired) electrons. The first-order valence-electron chi connectivity index (χ1n) is 11.2. The fourth-order valence-electron chi connectivity index (χ4n) is 4.18. The summed E-state index contributed by atoms with van der Waals surface area (Å²) in [6.45, 7) is 8.95. The lowest BCUT2D eigenvalue weighted by molar-refractivity contribution is -0.143. The Hall–Kier alpha value is -3.35. The molecular weight excluding hydrogens is 420 g/mol. The van der Waals surface area contributed by atoms with Crippen molar-refractivity contribution in [3.8, 4) is 11.1 Å². The lowest BCUT2D eigenvalue weighted by atomic mass is 9.86. The molecule has 2 aromatic rings. The molecule has 1 aliphatic rings. The smallest absolute Gasteiger partial charge is 0.407 e. The number of alkyl carbamates (subject to hydrolysis) is 1. The van der Waals surface area contributed by atoms with Crippen molar-refractivity contribution >= 4 is 18.0 Å². The number of amides is 2. The van der Waals surface area contributed by atoms with Crippen LogP contribution < -0.4 is 10.6 Å². The lowest BCUT2D eigenvalue weighted by Crippen LogP contribution is -2.57. The Kier molecular flexibility index (Phi) is 7.10. The molecular formula is C26H32N2O5. The fourth-order valence-corrected chi connectivity index (χ4v) is 4.18. The summed E-state index contributed by atoms with van der Waals surface area (Å²) in [6.07, 6.45) is -0.719. The van der Waals surface area contributed by atoms with Crippen molar-refractivity contribution in [3.05, 3.63) is 59.7 Å². The molecule has 2 atom stereocenters. The quantitative estimate of drug-likeness (QED) is 0.585. The van der Waals surface area contributed by atoms with Gasteiger partial charge in [0.15, 0.2) is 0 Å². The summed E-state index contributed by atoms with van der Waals surface area (Å²) in [7, 11) is 0. The van der Waals surface area contributed by atoms with Crippen molar-refractivity contribution in [2.24, 2.45) is 11.3 Å². The van der Waals surface area contributed by atoms with Crippen LogP contribution >= 0.6 is 0 Å². The summed E-state index contributed by atoms with van der Waals surface area (Å²) in [5.41, 5.74) is 3.79. The zero-order chi connectivity index (χ0) is 24.3. The summed E-state index contributed by atoms with van der Waals surface area (Å²) < 4.78 is 5.57. The van der Waals surface area contributed by atoms with Crippen molar-refractivity contribution in [3.63, 3.8) is 0 Å². The zero-order valence-corrected chi connectivity index (χ0v) is 19.7. The number of fused-ring (bicyclic) bond motifs is 3. The molecule has 7 heteroatoms. The molecule has 7 nitrogen and oxygen atoms in total. The van der Waals surface area contributed by atoms with E-state index in [1.807, 2.05) is 36.4 Å². The molecule has 0 saturated heterocycles. The van der Waals surface area contributed by atoms with Gasteiger partial charge < -0.3 is 20.5 Å². The van der Waals surface area contributed by atoms with Crippen molar-refractivity contribution in [2.75, 3.05) is 6.61 Å². The van der Waals surface area contributed by atoms with Crippen LogP contribution in [0, 0.1) is 11.3 Å². The maximum absolute atomic E-state index is 12.9. The van der Waals surface area contributed by atoms with Crippen molar-refractivity contribution < 1.29 is 24.2 Å². The summed E-state index contributed by atoms with van der Waals surface area (Å²) in [5, 5.41) is 14.6. The molecule has 1 unspecified atom stereocenters. The number of carbonyl (C=O) groups is 3. The van der Waals surface area contributed by atoms with Crippen LogP contribution in [-0.2, 0) is 14.3 Å². The number of hydrogen-bond acceptors (Lipinski definition) is 4. The maximum atomic E-state index is 12.9. The molecule has 0 aliphatic heterocycles. The average molecular weight is 453 g/mol. The molecule has 0 bridgehead atoms. The van der Waals surface area contributed by atoms with Crippen molar-refractivity contribution in [2.45, 2.75) is 52.6 Å². The number of carboxylic acid groups (broad SMARTS) is 1. The second-order valence-electron chi connectivity index (χ2n) is 9.84. The van der Waals surface area contributed by atoms with E-state index >= 15 is 0 Å². The van der Waals surface area contributed by atoms with Crippen molar-refractivity contribution in [1.29, 1.82) is 0 Å². The molecule has 0 saturated carbocycles. The minimum Gasteiger partial charge on any atom is -0.480 e. The van der Waals surface area contributed by atoms with Crippen LogP contribution in [0.15, 0.2) is 48.5 Å². The minimum absolute atomic E-state index is 0.0950. The van der Waals surface area contributed by atoms with E-state index in [1.54, 1.807) is 34.6 Å². The molecule has 0 fully saturated rings. The van der Waals surface area contributed by atoms with E-state index in [1.165, 1.54) is 0 Å². The highest BCUT2D eigenvalue weighted by molar-refractivity contribution is 5.90. The molecule has 0 spiro atoms. The van der Waals surface area contributed by atoms with Crippen LogP contribution in [0.3, 0.4) is 0 Å². The predicted octanol–water partition coefficient (Wildman–Crippen LogP) is 4.17. The van der Waals surface area contributed by atoms with E-state index in [-0.39, 0.29) is 18.4 Å². The van der Waals surface area contributed by atoms with Gasteiger partial charge in [-0.1, -0.05) is 83.1 Å². The first kappa shape index (κ1) is 24.3. The average Bonchev–Trinajstić information content (AvgIpc) is 3.06. The highest BCUT2D eigenvalue weighted by Crippen LogP contribution is 2.44. The van der Waals surface area contributed by atoms with Crippen LogP contribution in [0.1, 0.15) is 51.7 Å². The van der Waals surface area contributed by atoms with Crippen LogP contribution in [0.25, 0.3) is 11.1 Å². The number of ether oxygens (including phenoxy) is 1. The van der Waals surface area contributed by atoms with Gasteiger partial charge in [-0.15, -0.1) is 0 Å². The molecule has 3 rings (SSSR count). The van der Waals surface area contributed by atoms with Gasteiger partial charge in [-0.25, -0.2) is 9.59 Å². The van der Waals surface area contributed by atoms with Gasteiger partial charge in [-0.05, 0) is 33.6 Å². The molecule has 3 N–H and O–H groups in total. The number of benzene rings is 2. The zero-order valence-electron chi connectivity index (χ0n) is 19.7. The van der Waals surface area contributed by atoms with E-state index in [2.05, 4.69) is 22.8 Å². The SMILES string of the molecule is CC(C)C(NC(=O)[C@@H](NC(=O)OCC1c2ccccc2-c2ccccc21)C(C)(C)C)C(=O)O. The van der Waals surface area contributed by atoms with Gasteiger partial charge in [0.1, 0.15) is 18.7 Å². The largest absolute Gasteiger partial charge is 0.480 e. The number of carboxylic acids is 1. The second kappa shape index (κ2) is 9.65. The predicted molar refractivity (Wildman–Crippen MR) is 126 cm³/mol. The van der Waals surface area contributed by atoms with Gasteiger partial charge in [0.05, 0.1) is 0 Å². The fraction of sp³-hybridized carbons (Fsp3) is 0.423. The lowest BCUT2D eigenvalue weighted by Gasteiger charge is -2.31. The first-order valence-corrected chi connectivity index (χ1v) is 11.2. The van der Waals surface area contributed by atoms with E-state index in [9.17, 15) is 19.5 Å². The molecule has 2 aromatic carbocycles. The van der Waals surface area contributed by atoms with Gasteiger partial charge in [0.2, 0.25) is 5.91 Å². The Morgan fingerprint density at radius 3 is 1.91 bits per heavy atom. The molecule has 2 amide bonds. The number of nitrogens with one attached hydrogen (secondary N) is 2. The van der Waals surface area contributed by atoms with Crippen LogP contribution in [0.4, 0.5) is 4.79 Å². The number of carbonyl (C=O) groups excluding carboxylic acids is 2. The Labute approximate surface area is 194 Å². The molecule has 0 heterocycles. The summed E-state index contributed by atoms with van der Waals surface area (Å²) in [6, 6.07) is 14.1. The Balaban J connectivity index is 1.71. The molecule has 1 aliphatic carbocycles. The Bertz CT molecular complexity index is 995. The Morgan fingerprint density at radius 2 is 1.45 bits per heavy atom. The van der Waals surface area contributed by atoms with E-state index < -0.39 is 35.5 Å². The van der Waals surface area contributed by atoms with Crippen LogP contribution in [0.2, 0.25) is 0 Å². The minimum atomic E-state index is -1.12.